The summed E-state index contributed by atoms with van der Waals surface area (Å²) in [5.74, 6) is 7.62. The molecule has 2 atom stereocenters. The number of carbonyl (C=O) groups excluding carboxylic acids is 2. The van der Waals surface area contributed by atoms with E-state index in [-0.39, 0.29) is 12.0 Å². The number of aliphatic hydroxyl groups is 2. The largest absolute Gasteiger partial charge is 0.444 e. The number of aromatic nitrogens is 3. The van der Waals surface area contributed by atoms with Crippen LogP contribution in [-0.4, -0.2) is 61.2 Å². The van der Waals surface area contributed by atoms with Crippen molar-refractivity contribution in [2.24, 2.45) is 5.92 Å². The fraction of sp³-hybridized carbons (Fsp3) is 0.484. The zero-order valence-electron chi connectivity index (χ0n) is 24.5. The molecule has 2 amide bonds. The molecule has 42 heavy (non-hydrogen) atoms. The van der Waals surface area contributed by atoms with E-state index in [0.717, 1.165) is 42.5 Å². The maximum absolute atomic E-state index is 12.6. The molecule has 0 bridgehead atoms. The van der Waals surface area contributed by atoms with Crippen LogP contribution in [-0.2, 0) is 16.1 Å². The van der Waals surface area contributed by atoms with Crippen LogP contribution in [0.25, 0.3) is 11.3 Å². The van der Waals surface area contributed by atoms with E-state index in [0.29, 0.717) is 18.1 Å². The summed E-state index contributed by atoms with van der Waals surface area (Å²) >= 11 is 0. The molecule has 2 heterocycles. The summed E-state index contributed by atoms with van der Waals surface area (Å²) in [5.41, 5.74) is 1.81. The number of ether oxygens (including phenoxy) is 1. The molecular weight excluding hydrogens is 538 g/mol. The SMILES string of the molecule is C[C@H](O)c1nccn1Cc1cc(-c2ccc(C#CC3CCC(NC(=O)C(CO)NC(=O)OC(C)(C)C)CC3)cc2)on1. The molecule has 0 saturated heterocycles. The van der Waals surface area contributed by atoms with Crippen LogP contribution in [0.2, 0.25) is 0 Å². The van der Waals surface area contributed by atoms with Gasteiger partial charge in [-0.1, -0.05) is 17.0 Å². The first kappa shape index (κ1) is 30.8. The topological polar surface area (TPSA) is 152 Å². The van der Waals surface area contributed by atoms with Crippen molar-refractivity contribution >= 4 is 12.0 Å². The molecule has 4 N–H and O–H groups in total. The number of alkyl carbamates (subject to hydrolysis) is 1. The monoisotopic (exact) mass is 577 g/mol. The van der Waals surface area contributed by atoms with Crippen LogP contribution in [0.15, 0.2) is 47.2 Å². The van der Waals surface area contributed by atoms with Crippen LogP contribution in [0.4, 0.5) is 4.79 Å². The highest BCUT2D eigenvalue weighted by Gasteiger charge is 2.27. The lowest BCUT2D eigenvalue weighted by Gasteiger charge is -2.28. The first-order chi connectivity index (χ1) is 20.0. The van der Waals surface area contributed by atoms with Crippen LogP contribution in [0.3, 0.4) is 0 Å². The third kappa shape index (κ3) is 8.68. The number of hydrogen-bond donors (Lipinski definition) is 4. The van der Waals surface area contributed by atoms with Crippen molar-refractivity contribution in [3.63, 3.8) is 0 Å². The average Bonchev–Trinajstić information content (AvgIpc) is 3.61. The van der Waals surface area contributed by atoms with Gasteiger partial charge in [0.05, 0.1) is 13.2 Å². The molecule has 1 saturated carbocycles. The van der Waals surface area contributed by atoms with E-state index in [1.54, 1.807) is 40.1 Å². The van der Waals surface area contributed by atoms with E-state index in [2.05, 4.69) is 32.6 Å². The van der Waals surface area contributed by atoms with Crippen molar-refractivity contribution in [3.05, 3.63) is 59.8 Å². The van der Waals surface area contributed by atoms with Gasteiger partial charge in [-0.05, 0) is 77.6 Å². The van der Waals surface area contributed by atoms with Gasteiger partial charge in [-0.25, -0.2) is 9.78 Å². The van der Waals surface area contributed by atoms with E-state index in [9.17, 15) is 19.8 Å². The van der Waals surface area contributed by atoms with Gasteiger partial charge in [-0.3, -0.25) is 4.79 Å². The smallest absolute Gasteiger partial charge is 0.408 e. The highest BCUT2D eigenvalue weighted by atomic mass is 16.6. The normalized spacial score (nSPS) is 18.3. The lowest BCUT2D eigenvalue weighted by molar-refractivity contribution is -0.125. The molecule has 11 heteroatoms. The van der Waals surface area contributed by atoms with E-state index in [1.807, 2.05) is 34.9 Å². The molecule has 1 aliphatic carbocycles. The fourth-order valence-electron chi connectivity index (χ4n) is 4.75. The molecular formula is C31H39N5O6. The van der Waals surface area contributed by atoms with Gasteiger partial charge in [0.2, 0.25) is 5.91 Å². The van der Waals surface area contributed by atoms with Gasteiger partial charge in [0.1, 0.15) is 29.3 Å². The second-order valence-corrected chi connectivity index (χ2v) is 11.6. The molecule has 3 aromatic rings. The minimum Gasteiger partial charge on any atom is -0.444 e. The minimum atomic E-state index is -1.07. The zero-order valence-corrected chi connectivity index (χ0v) is 24.5. The first-order valence-electron chi connectivity index (χ1n) is 14.2. The Balaban J connectivity index is 1.25. The van der Waals surface area contributed by atoms with Crippen molar-refractivity contribution in [1.29, 1.82) is 0 Å². The maximum atomic E-state index is 12.6. The summed E-state index contributed by atoms with van der Waals surface area (Å²) in [7, 11) is 0. The Labute approximate surface area is 245 Å². The predicted molar refractivity (Wildman–Crippen MR) is 155 cm³/mol. The Morgan fingerprint density at radius 2 is 1.90 bits per heavy atom. The summed E-state index contributed by atoms with van der Waals surface area (Å²) < 4.78 is 12.5. The Morgan fingerprint density at radius 1 is 1.19 bits per heavy atom. The van der Waals surface area contributed by atoms with Gasteiger partial charge in [-0.2, -0.15) is 0 Å². The number of nitrogens with one attached hydrogen (secondary N) is 2. The van der Waals surface area contributed by atoms with Gasteiger partial charge < -0.3 is 34.7 Å². The van der Waals surface area contributed by atoms with Crippen molar-refractivity contribution in [2.75, 3.05) is 6.61 Å². The molecule has 11 nitrogen and oxygen atoms in total. The van der Waals surface area contributed by atoms with Gasteiger partial charge in [0, 0.05) is 41.5 Å². The molecule has 1 aromatic carbocycles. The van der Waals surface area contributed by atoms with Crippen molar-refractivity contribution < 1.29 is 29.1 Å². The highest BCUT2D eigenvalue weighted by molar-refractivity contribution is 5.86. The van der Waals surface area contributed by atoms with E-state index in [4.69, 9.17) is 9.26 Å². The Kier molecular flexibility index (Phi) is 10.0. The summed E-state index contributed by atoms with van der Waals surface area (Å²) in [4.78, 5) is 28.7. The van der Waals surface area contributed by atoms with Gasteiger partial charge >= 0.3 is 6.09 Å². The van der Waals surface area contributed by atoms with Gasteiger partial charge in [-0.15, -0.1) is 0 Å². The molecule has 0 spiro atoms. The molecule has 224 valence electrons. The highest BCUT2D eigenvalue weighted by Crippen LogP contribution is 2.25. The van der Waals surface area contributed by atoms with Crippen LogP contribution in [0.5, 0.6) is 0 Å². The van der Waals surface area contributed by atoms with E-state index in [1.165, 1.54) is 0 Å². The van der Waals surface area contributed by atoms with E-state index >= 15 is 0 Å². The lowest BCUT2D eigenvalue weighted by Crippen LogP contribution is -2.52. The molecule has 1 fully saturated rings. The molecule has 0 aliphatic heterocycles. The second kappa shape index (κ2) is 13.7. The number of benzene rings is 1. The number of carbonyl (C=O) groups is 2. The Morgan fingerprint density at radius 3 is 2.55 bits per heavy atom. The first-order valence-corrected chi connectivity index (χ1v) is 14.2. The number of hydrogen-bond acceptors (Lipinski definition) is 8. The van der Waals surface area contributed by atoms with Crippen LogP contribution < -0.4 is 10.6 Å². The molecule has 2 aromatic heterocycles. The summed E-state index contributed by atoms with van der Waals surface area (Å²) in [5, 5.41) is 28.9. The number of amides is 2. The summed E-state index contributed by atoms with van der Waals surface area (Å²) in [6.07, 6.45) is 5.24. The molecule has 0 radical (unpaired) electrons. The molecule has 1 aliphatic rings. The third-order valence-corrected chi connectivity index (χ3v) is 6.87. The number of rotatable bonds is 8. The standard InChI is InChI=1S/C31H39N5O6/c1-20(38)28-32-15-16-36(28)18-25-17-27(42-35-25)23-11-7-21(8-12-23)5-6-22-9-13-24(14-10-22)33-29(39)26(19-37)34-30(40)41-31(2,3)4/h7-8,11-12,15-17,20,22,24,26,37-38H,9-10,13-14,18-19H2,1-4H3,(H,33,39)(H,34,40)/t20-,22?,24?,26?/m0/s1. The van der Waals surface area contributed by atoms with Crippen LogP contribution in [0, 0.1) is 17.8 Å². The van der Waals surface area contributed by atoms with Crippen LogP contribution >= 0.6 is 0 Å². The number of imidazole rings is 1. The summed E-state index contributed by atoms with van der Waals surface area (Å²) in [6, 6.07) is 8.56. The fourth-order valence-corrected chi connectivity index (χ4v) is 4.75. The van der Waals surface area contributed by atoms with Crippen LogP contribution in [0.1, 0.15) is 76.6 Å². The van der Waals surface area contributed by atoms with Gasteiger partial charge in [0.25, 0.3) is 0 Å². The maximum Gasteiger partial charge on any atom is 0.408 e. The predicted octanol–water partition coefficient (Wildman–Crippen LogP) is 3.55. The Bertz CT molecular complexity index is 1400. The zero-order chi connectivity index (χ0) is 30.3. The minimum absolute atomic E-state index is 0.0384. The van der Waals surface area contributed by atoms with Crippen molar-refractivity contribution in [1.82, 2.24) is 25.3 Å². The van der Waals surface area contributed by atoms with E-state index < -0.39 is 36.4 Å². The molecule has 4 rings (SSSR count). The quantitative estimate of drug-likeness (QED) is 0.297. The van der Waals surface area contributed by atoms with Gasteiger partial charge in [0.15, 0.2) is 5.76 Å². The lowest BCUT2D eigenvalue weighted by atomic mass is 9.86. The van der Waals surface area contributed by atoms with Crippen molar-refractivity contribution in [3.8, 4) is 23.2 Å². The second-order valence-electron chi connectivity index (χ2n) is 11.6. The number of aliphatic hydroxyl groups excluding tert-OH is 2. The number of nitrogens with zero attached hydrogens (tertiary/aromatic N) is 3. The Hall–Kier alpha value is -4.14. The average molecular weight is 578 g/mol. The molecule has 1 unspecified atom stereocenters. The third-order valence-electron chi connectivity index (χ3n) is 6.87. The summed E-state index contributed by atoms with van der Waals surface area (Å²) in [6.45, 7) is 6.79. The van der Waals surface area contributed by atoms with Crippen molar-refractivity contribution in [2.45, 2.75) is 83.7 Å².